The second-order valence-corrected chi connectivity index (χ2v) is 6.67. The Morgan fingerprint density at radius 2 is 2.05 bits per heavy atom. The average Bonchev–Trinajstić information content (AvgIpc) is 2.37. The second kappa shape index (κ2) is 8.39. The van der Waals surface area contributed by atoms with Crippen LogP contribution in [0.15, 0.2) is 0 Å². The fourth-order valence-electron chi connectivity index (χ4n) is 2.25. The molecular formula is C11H25ClN2O4S. The van der Waals surface area contributed by atoms with Gasteiger partial charge in [0.1, 0.15) is 0 Å². The van der Waals surface area contributed by atoms with Crippen molar-refractivity contribution in [3.63, 3.8) is 0 Å². The average molecular weight is 317 g/mol. The summed E-state index contributed by atoms with van der Waals surface area (Å²) in [6.45, 7) is 2.54. The van der Waals surface area contributed by atoms with Gasteiger partial charge < -0.3 is 15.2 Å². The predicted molar refractivity (Wildman–Crippen MR) is 77.1 cm³/mol. The van der Waals surface area contributed by atoms with E-state index in [9.17, 15) is 8.42 Å². The lowest BCUT2D eigenvalue weighted by molar-refractivity contribution is 0.0396. The van der Waals surface area contributed by atoms with Crippen molar-refractivity contribution < 1.29 is 17.9 Å². The first-order valence-electron chi connectivity index (χ1n) is 6.19. The Morgan fingerprint density at radius 3 is 2.53 bits per heavy atom. The minimum absolute atomic E-state index is 0. The van der Waals surface area contributed by atoms with Crippen LogP contribution >= 0.6 is 12.4 Å². The second-order valence-electron chi connectivity index (χ2n) is 4.71. The summed E-state index contributed by atoms with van der Waals surface area (Å²) in [7, 11) is -0.155. The quantitative estimate of drug-likeness (QED) is 0.757. The normalized spacial score (nSPS) is 26.7. The van der Waals surface area contributed by atoms with Crippen molar-refractivity contribution in [3.8, 4) is 0 Å². The molecule has 19 heavy (non-hydrogen) atoms. The number of nitrogens with zero attached hydrogens (tertiary/aromatic N) is 1. The maximum atomic E-state index is 12.3. The summed E-state index contributed by atoms with van der Waals surface area (Å²) in [5.41, 5.74) is 5.68. The van der Waals surface area contributed by atoms with Gasteiger partial charge in [-0.2, -0.15) is 4.31 Å². The number of ether oxygens (including phenoxy) is 2. The van der Waals surface area contributed by atoms with Crippen molar-refractivity contribution in [1.29, 1.82) is 0 Å². The van der Waals surface area contributed by atoms with E-state index < -0.39 is 10.0 Å². The molecule has 2 N–H and O–H groups in total. The van der Waals surface area contributed by atoms with E-state index in [1.54, 1.807) is 14.0 Å². The molecule has 1 fully saturated rings. The summed E-state index contributed by atoms with van der Waals surface area (Å²) in [5.74, 6) is -0.00233. The van der Waals surface area contributed by atoms with Crippen molar-refractivity contribution >= 4 is 22.4 Å². The van der Waals surface area contributed by atoms with Crippen molar-refractivity contribution in [2.45, 2.75) is 38.0 Å². The van der Waals surface area contributed by atoms with Gasteiger partial charge in [0.2, 0.25) is 10.0 Å². The first-order valence-corrected chi connectivity index (χ1v) is 7.80. The summed E-state index contributed by atoms with van der Waals surface area (Å²) in [4.78, 5) is 0. The maximum Gasteiger partial charge on any atom is 0.216 e. The lowest BCUT2D eigenvalue weighted by Gasteiger charge is -2.37. The summed E-state index contributed by atoms with van der Waals surface area (Å²) in [6, 6.07) is -0.169. The summed E-state index contributed by atoms with van der Waals surface area (Å²) >= 11 is 0. The number of sulfonamides is 1. The van der Waals surface area contributed by atoms with Gasteiger partial charge in [-0.3, -0.25) is 0 Å². The largest absolute Gasteiger partial charge is 0.381 e. The monoisotopic (exact) mass is 316 g/mol. The number of hydrogen-bond donors (Lipinski definition) is 1. The molecule has 1 saturated heterocycles. The standard InChI is InChI=1S/C11H24N2O4S.ClH/c1-9(16-2)8-18(14,15)13-5-4-11(17-3)6-10(13)7-12;/h9-11H,4-8,12H2,1-3H3;1H. The number of halogens is 1. The van der Waals surface area contributed by atoms with E-state index >= 15 is 0 Å². The van der Waals surface area contributed by atoms with Gasteiger partial charge in [0.25, 0.3) is 0 Å². The van der Waals surface area contributed by atoms with Gasteiger partial charge in [0.05, 0.1) is 18.0 Å². The summed E-state index contributed by atoms with van der Waals surface area (Å²) < 4.78 is 36.4. The predicted octanol–water partition coefficient (Wildman–Crippen LogP) is 0.211. The molecular weight excluding hydrogens is 292 g/mol. The molecule has 0 bridgehead atoms. The Balaban J connectivity index is 0.00000324. The number of methoxy groups -OCH3 is 2. The molecule has 1 heterocycles. The van der Waals surface area contributed by atoms with E-state index in [4.69, 9.17) is 15.2 Å². The van der Waals surface area contributed by atoms with E-state index in [-0.39, 0.29) is 36.4 Å². The molecule has 0 amide bonds. The highest BCUT2D eigenvalue weighted by molar-refractivity contribution is 7.89. The molecule has 3 unspecified atom stereocenters. The molecule has 6 nitrogen and oxygen atoms in total. The van der Waals surface area contributed by atoms with Gasteiger partial charge in [-0.1, -0.05) is 0 Å². The fourth-order valence-corrected chi connectivity index (χ4v) is 4.18. The Kier molecular flexibility index (Phi) is 8.42. The molecule has 0 aromatic rings. The zero-order valence-corrected chi connectivity index (χ0v) is 13.4. The third-order valence-electron chi connectivity index (χ3n) is 3.42. The van der Waals surface area contributed by atoms with Crippen LogP contribution in [0, 0.1) is 0 Å². The SMILES string of the molecule is COC(C)CS(=O)(=O)N1CCC(OC)CC1CN.Cl. The molecule has 0 aliphatic carbocycles. The van der Waals surface area contributed by atoms with E-state index in [1.807, 2.05) is 0 Å². The van der Waals surface area contributed by atoms with Gasteiger partial charge in [0, 0.05) is 33.4 Å². The molecule has 116 valence electrons. The van der Waals surface area contributed by atoms with Crippen LogP contribution in [0.4, 0.5) is 0 Å². The highest BCUT2D eigenvalue weighted by atomic mass is 35.5. The third-order valence-corrected chi connectivity index (χ3v) is 5.51. The lowest BCUT2D eigenvalue weighted by Crippen LogP contribution is -2.52. The maximum absolute atomic E-state index is 12.3. The molecule has 3 atom stereocenters. The van der Waals surface area contributed by atoms with Crippen molar-refractivity contribution in [2.24, 2.45) is 5.73 Å². The van der Waals surface area contributed by atoms with Crippen LogP contribution in [0.2, 0.25) is 0 Å². The fraction of sp³-hybridized carbons (Fsp3) is 1.00. The van der Waals surface area contributed by atoms with E-state index in [2.05, 4.69) is 0 Å². The minimum atomic E-state index is -3.31. The van der Waals surface area contributed by atoms with E-state index in [0.717, 1.165) is 0 Å². The van der Waals surface area contributed by atoms with Crippen LogP contribution in [0.5, 0.6) is 0 Å². The number of rotatable bonds is 6. The van der Waals surface area contributed by atoms with Crippen molar-refractivity contribution in [3.05, 3.63) is 0 Å². The van der Waals surface area contributed by atoms with Crippen LogP contribution in [-0.2, 0) is 19.5 Å². The summed E-state index contributed by atoms with van der Waals surface area (Å²) in [5, 5.41) is 0. The smallest absolute Gasteiger partial charge is 0.216 e. The number of piperidine rings is 1. The van der Waals surface area contributed by atoms with Crippen LogP contribution in [0.25, 0.3) is 0 Å². The van der Waals surface area contributed by atoms with Gasteiger partial charge in [-0.05, 0) is 19.8 Å². The van der Waals surface area contributed by atoms with Gasteiger partial charge >= 0.3 is 0 Å². The first kappa shape index (κ1) is 19.1. The van der Waals surface area contributed by atoms with Gasteiger partial charge in [-0.25, -0.2) is 8.42 Å². The molecule has 8 heteroatoms. The van der Waals surface area contributed by atoms with Crippen LogP contribution < -0.4 is 5.73 Å². The topological polar surface area (TPSA) is 81.9 Å². The first-order chi connectivity index (χ1) is 8.44. The van der Waals surface area contributed by atoms with Crippen molar-refractivity contribution in [1.82, 2.24) is 4.31 Å². The summed E-state index contributed by atoms with van der Waals surface area (Å²) in [6.07, 6.45) is 1.17. The highest BCUT2D eigenvalue weighted by Crippen LogP contribution is 2.22. The zero-order chi connectivity index (χ0) is 13.8. The molecule has 0 radical (unpaired) electrons. The zero-order valence-electron chi connectivity index (χ0n) is 11.7. The van der Waals surface area contributed by atoms with Gasteiger partial charge in [0.15, 0.2) is 0 Å². The Bertz CT molecular complexity index is 353. The molecule has 1 aliphatic heterocycles. The third kappa shape index (κ3) is 5.17. The van der Waals surface area contributed by atoms with Gasteiger partial charge in [-0.15, -0.1) is 12.4 Å². The Morgan fingerprint density at radius 1 is 1.42 bits per heavy atom. The Labute approximate surface area is 122 Å². The van der Waals surface area contributed by atoms with Crippen LogP contribution in [-0.4, -0.2) is 64.0 Å². The number of hydrogen-bond acceptors (Lipinski definition) is 5. The van der Waals surface area contributed by atoms with Crippen molar-refractivity contribution in [2.75, 3.05) is 33.1 Å². The van der Waals surface area contributed by atoms with E-state index in [0.29, 0.717) is 25.9 Å². The molecule has 0 aromatic carbocycles. The molecule has 1 rings (SSSR count). The molecule has 0 saturated carbocycles. The Hall–Kier alpha value is 0.0800. The highest BCUT2D eigenvalue weighted by Gasteiger charge is 2.35. The van der Waals surface area contributed by atoms with Crippen LogP contribution in [0.3, 0.4) is 0 Å². The molecule has 1 aliphatic rings. The lowest BCUT2D eigenvalue weighted by atomic mass is 10.0. The molecule has 0 aromatic heterocycles. The van der Waals surface area contributed by atoms with E-state index in [1.165, 1.54) is 11.4 Å². The minimum Gasteiger partial charge on any atom is -0.381 e. The van der Waals surface area contributed by atoms with Crippen LogP contribution in [0.1, 0.15) is 19.8 Å². The molecule has 0 spiro atoms. The number of nitrogens with two attached hydrogens (primary N) is 1.